The van der Waals surface area contributed by atoms with Crippen LogP contribution in [0.3, 0.4) is 0 Å². The van der Waals surface area contributed by atoms with E-state index < -0.39 is 25.1 Å². The molecule has 5 rings (SSSR count). The van der Waals surface area contributed by atoms with Crippen molar-refractivity contribution >= 4 is 54.6 Å². The molecular formula is C27H36ClN7O5S2. The highest BCUT2D eigenvalue weighted by Crippen LogP contribution is 2.41. The van der Waals surface area contributed by atoms with Crippen LogP contribution in [0.5, 0.6) is 5.75 Å². The summed E-state index contributed by atoms with van der Waals surface area (Å²) in [6, 6.07) is 4.06. The maximum absolute atomic E-state index is 12.7. The molecule has 0 amide bonds. The predicted octanol–water partition coefficient (Wildman–Crippen LogP) is 4.95. The van der Waals surface area contributed by atoms with Gasteiger partial charge in [0.15, 0.2) is 5.82 Å². The molecule has 0 aliphatic heterocycles. The van der Waals surface area contributed by atoms with Crippen LogP contribution in [-0.2, 0) is 19.9 Å². The van der Waals surface area contributed by atoms with E-state index in [0.717, 1.165) is 44.1 Å². The zero-order valence-corrected chi connectivity index (χ0v) is 26.3. The molecule has 2 aliphatic carbocycles. The number of hydrogen-bond donors (Lipinski definition) is 4. The number of ether oxygens (including phenoxy) is 1. The van der Waals surface area contributed by atoms with E-state index in [9.17, 15) is 16.8 Å². The van der Waals surface area contributed by atoms with Crippen molar-refractivity contribution in [2.45, 2.75) is 87.6 Å². The number of aromatic amines is 1. The van der Waals surface area contributed by atoms with Gasteiger partial charge in [-0.05, 0) is 88.5 Å². The van der Waals surface area contributed by atoms with Gasteiger partial charge >= 0.3 is 0 Å². The van der Waals surface area contributed by atoms with Crippen LogP contribution in [0.1, 0.15) is 69.4 Å². The van der Waals surface area contributed by atoms with Crippen LogP contribution in [-0.4, -0.2) is 60.7 Å². The highest BCUT2D eigenvalue weighted by atomic mass is 35.5. The van der Waals surface area contributed by atoms with E-state index in [4.69, 9.17) is 16.3 Å². The number of hydrogen-bond acceptors (Lipinski definition) is 10. The molecule has 0 saturated heterocycles. The number of benzene rings is 1. The Kier molecular flexibility index (Phi) is 8.70. The van der Waals surface area contributed by atoms with Crippen LogP contribution in [0.4, 0.5) is 23.1 Å². The van der Waals surface area contributed by atoms with Crippen molar-refractivity contribution in [2.24, 2.45) is 0 Å². The second-order valence-corrected chi connectivity index (χ2v) is 15.9. The maximum atomic E-state index is 12.7. The SMILES string of the molecule is Cc1cc(Nc2ncc(Cl)c(Nc3c[nH]nc3S(=O)(=O)C(C)C)n2)c(OC2CC2)cc1C1CCC(NS(C)(=O)=O)CC1. The number of rotatable bonds is 11. The maximum Gasteiger partial charge on any atom is 0.229 e. The molecular weight excluding hydrogens is 602 g/mol. The summed E-state index contributed by atoms with van der Waals surface area (Å²) < 4.78 is 57.8. The van der Waals surface area contributed by atoms with E-state index in [2.05, 4.69) is 41.6 Å². The minimum atomic E-state index is -3.65. The Bertz CT molecular complexity index is 1670. The van der Waals surface area contributed by atoms with E-state index in [1.165, 1.54) is 24.2 Å². The Labute approximate surface area is 251 Å². The lowest BCUT2D eigenvalue weighted by atomic mass is 9.80. The fourth-order valence-electron chi connectivity index (χ4n) is 5.10. The van der Waals surface area contributed by atoms with Crippen LogP contribution >= 0.6 is 11.6 Å². The summed E-state index contributed by atoms with van der Waals surface area (Å²) in [5.41, 5.74) is 3.20. The largest absolute Gasteiger partial charge is 0.488 e. The van der Waals surface area contributed by atoms with Crippen LogP contribution in [0, 0.1) is 6.92 Å². The number of anilines is 4. The van der Waals surface area contributed by atoms with Crippen molar-refractivity contribution in [2.75, 3.05) is 16.9 Å². The number of aryl methyl sites for hydroxylation is 1. The van der Waals surface area contributed by atoms with Gasteiger partial charge in [0.1, 0.15) is 10.8 Å². The first-order valence-corrected chi connectivity index (χ1v) is 17.7. The zero-order valence-electron chi connectivity index (χ0n) is 23.9. The molecule has 4 N–H and O–H groups in total. The highest BCUT2D eigenvalue weighted by molar-refractivity contribution is 7.92. The number of H-pyrrole nitrogens is 1. The Morgan fingerprint density at radius 1 is 1.02 bits per heavy atom. The van der Waals surface area contributed by atoms with Gasteiger partial charge in [-0.25, -0.2) is 26.5 Å². The summed E-state index contributed by atoms with van der Waals surface area (Å²) in [5.74, 6) is 1.46. The molecule has 12 nitrogen and oxygen atoms in total. The number of aromatic nitrogens is 4. The predicted molar refractivity (Wildman–Crippen MR) is 162 cm³/mol. The molecule has 228 valence electrons. The molecule has 0 bridgehead atoms. The third-order valence-electron chi connectivity index (χ3n) is 7.47. The van der Waals surface area contributed by atoms with Crippen molar-refractivity contribution in [3.63, 3.8) is 0 Å². The lowest BCUT2D eigenvalue weighted by molar-refractivity contribution is 0.303. The van der Waals surface area contributed by atoms with Crippen molar-refractivity contribution in [3.05, 3.63) is 40.7 Å². The first-order chi connectivity index (χ1) is 19.8. The van der Waals surface area contributed by atoms with Crippen molar-refractivity contribution in [1.82, 2.24) is 24.9 Å². The molecule has 15 heteroatoms. The van der Waals surface area contributed by atoms with E-state index in [1.54, 1.807) is 13.8 Å². The second-order valence-electron chi connectivity index (χ2n) is 11.3. The van der Waals surface area contributed by atoms with Gasteiger partial charge in [0, 0.05) is 12.2 Å². The molecule has 0 atom stereocenters. The lowest BCUT2D eigenvalue weighted by Crippen LogP contribution is -2.36. The normalized spacial score (nSPS) is 19.6. The lowest BCUT2D eigenvalue weighted by Gasteiger charge is -2.30. The number of nitrogens with zero attached hydrogens (tertiary/aromatic N) is 3. The minimum absolute atomic E-state index is 0.0341. The topological polar surface area (TPSA) is 168 Å². The van der Waals surface area contributed by atoms with E-state index in [-0.39, 0.29) is 39.6 Å². The van der Waals surface area contributed by atoms with Gasteiger partial charge in [0.05, 0.1) is 35.2 Å². The average molecular weight is 638 g/mol. The summed E-state index contributed by atoms with van der Waals surface area (Å²) >= 11 is 6.37. The molecule has 2 aliphatic rings. The Hall–Kier alpha value is -2.94. The zero-order chi connectivity index (χ0) is 30.2. The van der Waals surface area contributed by atoms with E-state index >= 15 is 0 Å². The number of sulfone groups is 1. The fourth-order valence-corrected chi connectivity index (χ4v) is 7.12. The smallest absolute Gasteiger partial charge is 0.229 e. The molecule has 0 unspecified atom stereocenters. The molecule has 42 heavy (non-hydrogen) atoms. The quantitative estimate of drug-likeness (QED) is 0.226. The van der Waals surface area contributed by atoms with Gasteiger partial charge in [0.25, 0.3) is 0 Å². The van der Waals surface area contributed by atoms with Gasteiger partial charge in [-0.2, -0.15) is 10.1 Å². The van der Waals surface area contributed by atoms with Gasteiger partial charge < -0.3 is 15.4 Å². The third kappa shape index (κ3) is 7.16. The standard InChI is InChI=1S/C27H36ClN7O5S2/c1-15(2)42(38,39)26-23(14-30-34-26)31-25-21(28)13-29-27(33-25)32-22-11-16(3)20(12-24(22)40-19-9-10-19)17-5-7-18(8-6-17)35-41(4,36)37/h11-15,17-19,35H,5-10H2,1-4H3,(H,30,34)(H2,29,31,32,33). The summed E-state index contributed by atoms with van der Waals surface area (Å²) in [7, 11) is -6.88. The summed E-state index contributed by atoms with van der Waals surface area (Å²) in [6.07, 6.45) is 9.52. The van der Waals surface area contributed by atoms with Crippen molar-refractivity contribution in [3.8, 4) is 5.75 Å². The first kappa shape index (κ1) is 30.5. The van der Waals surface area contributed by atoms with Crippen LogP contribution in [0.25, 0.3) is 0 Å². The van der Waals surface area contributed by atoms with Crippen LogP contribution in [0.15, 0.2) is 29.6 Å². The molecule has 2 heterocycles. The van der Waals surface area contributed by atoms with E-state index in [0.29, 0.717) is 17.4 Å². The molecule has 2 saturated carbocycles. The van der Waals surface area contributed by atoms with Crippen LogP contribution < -0.4 is 20.1 Å². The fraction of sp³-hybridized carbons (Fsp3) is 0.519. The summed E-state index contributed by atoms with van der Waals surface area (Å²) in [4.78, 5) is 8.84. The molecule has 1 aromatic carbocycles. The highest BCUT2D eigenvalue weighted by Gasteiger charge is 2.29. The van der Waals surface area contributed by atoms with Crippen molar-refractivity contribution < 1.29 is 21.6 Å². The van der Waals surface area contributed by atoms with Crippen LogP contribution in [0.2, 0.25) is 5.02 Å². The Morgan fingerprint density at radius 2 is 1.74 bits per heavy atom. The molecule has 0 spiro atoms. The molecule has 2 fully saturated rings. The number of sulfonamides is 1. The minimum Gasteiger partial charge on any atom is -0.488 e. The third-order valence-corrected chi connectivity index (χ3v) is 10.6. The summed E-state index contributed by atoms with van der Waals surface area (Å²) in [5, 5.41) is 12.2. The van der Waals surface area contributed by atoms with E-state index in [1.807, 2.05) is 13.0 Å². The molecule has 2 aromatic heterocycles. The Balaban J connectivity index is 1.38. The van der Waals surface area contributed by atoms with Gasteiger partial charge in [0.2, 0.25) is 30.8 Å². The van der Waals surface area contributed by atoms with Gasteiger partial charge in [-0.3, -0.25) is 5.10 Å². The molecule has 0 radical (unpaired) electrons. The first-order valence-electron chi connectivity index (χ1n) is 13.9. The Morgan fingerprint density at radius 3 is 2.38 bits per heavy atom. The summed E-state index contributed by atoms with van der Waals surface area (Å²) in [6.45, 7) is 5.22. The average Bonchev–Trinajstić information content (AvgIpc) is 3.60. The second kappa shape index (κ2) is 12.0. The number of halogens is 1. The van der Waals surface area contributed by atoms with Crippen molar-refractivity contribution in [1.29, 1.82) is 0 Å². The molecule has 3 aromatic rings. The van der Waals surface area contributed by atoms with Gasteiger partial charge in [-0.15, -0.1) is 0 Å². The van der Waals surface area contributed by atoms with Gasteiger partial charge in [-0.1, -0.05) is 11.6 Å². The monoisotopic (exact) mass is 637 g/mol. The number of nitrogens with one attached hydrogen (secondary N) is 4.